The smallest absolute Gasteiger partial charge is 0.338 e. The third kappa shape index (κ3) is 2.79. The van der Waals surface area contributed by atoms with Gasteiger partial charge in [-0.15, -0.1) is 0 Å². The molecule has 1 heterocycles. The molecule has 1 aliphatic rings. The van der Waals surface area contributed by atoms with Crippen molar-refractivity contribution in [2.75, 3.05) is 14.2 Å². The minimum absolute atomic E-state index is 0.156. The van der Waals surface area contributed by atoms with E-state index in [9.17, 15) is 15.2 Å². The Morgan fingerprint density at radius 3 is 2.61 bits per heavy atom. The number of benzene rings is 1. The van der Waals surface area contributed by atoms with Gasteiger partial charge in [-0.25, -0.2) is 4.79 Å². The van der Waals surface area contributed by atoms with Gasteiger partial charge in [0.2, 0.25) is 5.88 Å². The van der Waals surface area contributed by atoms with Crippen molar-refractivity contribution in [2.45, 2.75) is 12.8 Å². The lowest BCUT2D eigenvalue weighted by atomic mass is 9.82. The van der Waals surface area contributed by atoms with Crippen molar-refractivity contribution in [3.63, 3.8) is 0 Å². The summed E-state index contributed by atoms with van der Waals surface area (Å²) in [5, 5.41) is 19.0. The summed E-state index contributed by atoms with van der Waals surface area (Å²) in [4.78, 5) is 11.6. The number of aliphatic carboxylic acids is 1. The number of methoxy groups -OCH3 is 2. The van der Waals surface area contributed by atoms with E-state index < -0.39 is 11.9 Å². The lowest BCUT2D eigenvalue weighted by Crippen LogP contribution is -2.25. The van der Waals surface area contributed by atoms with Crippen LogP contribution in [0.4, 0.5) is 0 Å². The maximum atomic E-state index is 11.6. The van der Waals surface area contributed by atoms with Crippen LogP contribution in [-0.4, -0.2) is 25.3 Å². The predicted octanol–water partition coefficient (Wildman–Crippen LogP) is 1.87. The second kappa shape index (κ2) is 6.32. The van der Waals surface area contributed by atoms with Gasteiger partial charge in [-0.2, -0.15) is 5.26 Å². The van der Waals surface area contributed by atoms with Crippen LogP contribution in [0.25, 0.3) is 0 Å². The maximum Gasteiger partial charge on any atom is 0.338 e. The summed E-state index contributed by atoms with van der Waals surface area (Å²) in [7, 11) is 2.95. The van der Waals surface area contributed by atoms with Crippen molar-refractivity contribution >= 4 is 5.97 Å². The van der Waals surface area contributed by atoms with Crippen molar-refractivity contribution in [3.8, 4) is 17.6 Å². The first-order chi connectivity index (χ1) is 10.9. The summed E-state index contributed by atoms with van der Waals surface area (Å²) in [6.45, 7) is 1.56. The summed E-state index contributed by atoms with van der Waals surface area (Å²) in [6.07, 6.45) is 0. The van der Waals surface area contributed by atoms with Crippen LogP contribution >= 0.6 is 0 Å². The Labute approximate surface area is 133 Å². The molecule has 1 aromatic carbocycles. The van der Waals surface area contributed by atoms with Crippen LogP contribution in [0.5, 0.6) is 11.5 Å². The molecule has 1 aromatic rings. The molecular formula is C16H16N2O5. The molecule has 0 saturated heterocycles. The highest BCUT2D eigenvalue weighted by molar-refractivity contribution is 5.91. The molecule has 1 atom stereocenters. The molecular weight excluding hydrogens is 300 g/mol. The number of carboxylic acids is 1. The lowest BCUT2D eigenvalue weighted by molar-refractivity contribution is -0.133. The number of nitrogens with two attached hydrogens (primary N) is 1. The molecule has 0 radical (unpaired) electrons. The van der Waals surface area contributed by atoms with E-state index in [-0.39, 0.29) is 22.8 Å². The third-order valence-corrected chi connectivity index (χ3v) is 3.58. The Morgan fingerprint density at radius 2 is 2.09 bits per heavy atom. The molecule has 0 aromatic heterocycles. The van der Waals surface area contributed by atoms with E-state index in [2.05, 4.69) is 0 Å². The van der Waals surface area contributed by atoms with E-state index in [4.69, 9.17) is 19.9 Å². The van der Waals surface area contributed by atoms with E-state index in [1.807, 2.05) is 6.07 Å². The van der Waals surface area contributed by atoms with Gasteiger partial charge in [-0.3, -0.25) is 0 Å². The van der Waals surface area contributed by atoms with E-state index in [0.29, 0.717) is 17.1 Å². The summed E-state index contributed by atoms with van der Waals surface area (Å²) in [6, 6.07) is 6.94. The minimum atomic E-state index is -1.27. The molecule has 23 heavy (non-hydrogen) atoms. The fourth-order valence-corrected chi connectivity index (χ4v) is 2.51. The standard InChI is InChI=1S/C16H16N2O5/c1-8-11(7-17)13(14(16(19)20)15(18)23-8)10-6-9(21-2)4-5-12(10)22-3/h4-6,13H,18H2,1-3H3,(H,19,20)/t13-/m1/s1. The van der Waals surface area contributed by atoms with Crippen molar-refractivity contribution in [3.05, 3.63) is 46.6 Å². The van der Waals surface area contributed by atoms with Gasteiger partial charge in [-0.1, -0.05) is 0 Å². The van der Waals surface area contributed by atoms with E-state index in [1.54, 1.807) is 25.1 Å². The number of ether oxygens (including phenoxy) is 3. The molecule has 0 fully saturated rings. The molecule has 7 nitrogen and oxygen atoms in total. The van der Waals surface area contributed by atoms with Crippen LogP contribution in [0.2, 0.25) is 0 Å². The zero-order chi connectivity index (χ0) is 17.1. The fourth-order valence-electron chi connectivity index (χ4n) is 2.51. The number of rotatable bonds is 4. The normalized spacial score (nSPS) is 17.4. The number of allylic oxidation sites excluding steroid dienone is 2. The number of hydrogen-bond donors (Lipinski definition) is 2. The van der Waals surface area contributed by atoms with Gasteiger partial charge in [0.05, 0.1) is 31.8 Å². The van der Waals surface area contributed by atoms with Gasteiger partial charge in [0.15, 0.2) is 0 Å². The highest BCUT2D eigenvalue weighted by Crippen LogP contribution is 2.43. The molecule has 0 bridgehead atoms. The highest BCUT2D eigenvalue weighted by atomic mass is 16.5. The average molecular weight is 316 g/mol. The van der Waals surface area contributed by atoms with E-state index in [0.717, 1.165) is 0 Å². The van der Waals surface area contributed by atoms with Crippen molar-refractivity contribution in [1.29, 1.82) is 5.26 Å². The molecule has 0 amide bonds. The molecule has 1 aliphatic heterocycles. The van der Waals surface area contributed by atoms with Gasteiger partial charge in [0, 0.05) is 5.56 Å². The van der Waals surface area contributed by atoms with Crippen LogP contribution in [0, 0.1) is 11.3 Å². The second-order valence-electron chi connectivity index (χ2n) is 4.81. The van der Waals surface area contributed by atoms with Crippen LogP contribution < -0.4 is 15.2 Å². The van der Waals surface area contributed by atoms with Gasteiger partial charge in [0.25, 0.3) is 0 Å². The number of nitrogens with zero attached hydrogens (tertiary/aromatic N) is 1. The quantitative estimate of drug-likeness (QED) is 0.871. The van der Waals surface area contributed by atoms with Gasteiger partial charge < -0.3 is 25.1 Å². The summed E-state index contributed by atoms with van der Waals surface area (Å²) >= 11 is 0. The molecule has 0 unspecified atom stereocenters. The topological polar surface area (TPSA) is 115 Å². The molecule has 2 rings (SSSR count). The zero-order valence-electron chi connectivity index (χ0n) is 12.9. The lowest BCUT2D eigenvalue weighted by Gasteiger charge is -2.27. The number of carbonyl (C=O) groups is 1. The third-order valence-electron chi connectivity index (χ3n) is 3.58. The van der Waals surface area contributed by atoms with E-state index >= 15 is 0 Å². The molecule has 0 saturated carbocycles. The zero-order valence-corrected chi connectivity index (χ0v) is 12.9. The van der Waals surface area contributed by atoms with Crippen molar-refractivity contribution in [1.82, 2.24) is 0 Å². The molecule has 120 valence electrons. The Morgan fingerprint density at radius 1 is 1.39 bits per heavy atom. The second-order valence-corrected chi connectivity index (χ2v) is 4.81. The van der Waals surface area contributed by atoms with Gasteiger partial charge in [-0.05, 0) is 25.1 Å². The summed E-state index contributed by atoms with van der Waals surface area (Å²) in [5.74, 6) is -1.24. The van der Waals surface area contributed by atoms with Gasteiger partial charge in [0.1, 0.15) is 22.8 Å². The fraction of sp³-hybridized carbons (Fsp3) is 0.250. The first-order valence-electron chi connectivity index (χ1n) is 6.68. The van der Waals surface area contributed by atoms with Crippen molar-refractivity contribution in [2.24, 2.45) is 5.73 Å². The molecule has 3 N–H and O–H groups in total. The highest BCUT2D eigenvalue weighted by Gasteiger charge is 2.37. The van der Waals surface area contributed by atoms with Crippen LogP contribution in [0.1, 0.15) is 18.4 Å². The van der Waals surface area contributed by atoms with Crippen LogP contribution in [0.3, 0.4) is 0 Å². The number of carboxylic acid groups (broad SMARTS) is 1. The van der Waals surface area contributed by atoms with Gasteiger partial charge >= 0.3 is 5.97 Å². The minimum Gasteiger partial charge on any atom is -0.497 e. The number of nitriles is 1. The first kappa shape index (κ1) is 16.2. The van der Waals surface area contributed by atoms with Crippen LogP contribution in [0.15, 0.2) is 41.0 Å². The Bertz CT molecular complexity index is 758. The SMILES string of the molecule is COc1ccc(OC)c([C@@H]2C(C#N)=C(C)OC(N)=C2C(=O)O)c1. The molecule has 7 heteroatoms. The first-order valence-corrected chi connectivity index (χ1v) is 6.68. The Balaban J connectivity index is 2.76. The molecule has 0 aliphatic carbocycles. The number of hydrogen-bond acceptors (Lipinski definition) is 6. The molecule has 0 spiro atoms. The Hall–Kier alpha value is -3.14. The average Bonchev–Trinajstić information content (AvgIpc) is 2.53. The Kier molecular flexibility index (Phi) is 4.46. The largest absolute Gasteiger partial charge is 0.497 e. The maximum absolute atomic E-state index is 11.6. The van der Waals surface area contributed by atoms with Crippen LogP contribution in [-0.2, 0) is 9.53 Å². The van der Waals surface area contributed by atoms with Crippen molar-refractivity contribution < 1.29 is 24.1 Å². The summed E-state index contributed by atoms with van der Waals surface area (Å²) in [5.41, 5.74) is 6.15. The monoisotopic (exact) mass is 316 g/mol. The van der Waals surface area contributed by atoms with E-state index in [1.165, 1.54) is 14.2 Å². The summed E-state index contributed by atoms with van der Waals surface area (Å²) < 4.78 is 15.7. The predicted molar refractivity (Wildman–Crippen MR) is 80.5 cm³/mol.